The fraction of sp³-hybridized carbons (Fsp3) is 0.538. The monoisotopic (exact) mass is 337 g/mol. The normalized spacial score (nSPS) is 20.6. The minimum Gasteiger partial charge on any atom is -0.464 e. The molecule has 1 unspecified atom stereocenters. The third-order valence-corrected chi connectivity index (χ3v) is 4.07. The average molecular weight is 339 g/mol. The predicted molar refractivity (Wildman–Crippen MR) is 77.8 cm³/mol. The molecule has 1 fully saturated rings. The number of Topliss-reactive ketones (excluding diaryl/α,β-unsaturated/α-hetero) is 1. The van der Waals surface area contributed by atoms with Crippen molar-refractivity contribution in [2.24, 2.45) is 5.41 Å². The first-order valence-electron chi connectivity index (χ1n) is 5.99. The molecule has 0 aliphatic heterocycles. The first kappa shape index (κ1) is 15.7. The zero-order chi connectivity index (χ0) is 15.3. The fourth-order valence-corrected chi connectivity index (χ4v) is 2.53. The Balaban J connectivity index is 2.43. The van der Waals surface area contributed by atoms with Crippen LogP contribution in [-0.2, 0) is 4.74 Å². The van der Waals surface area contributed by atoms with E-state index in [0.29, 0.717) is 5.69 Å². The van der Waals surface area contributed by atoms with Crippen LogP contribution in [0.5, 0.6) is 0 Å². The number of alkyl halides is 3. The third-order valence-electron chi connectivity index (χ3n) is 3.56. The summed E-state index contributed by atoms with van der Waals surface area (Å²) in [5.41, 5.74) is 0.552. The van der Waals surface area contributed by atoms with E-state index in [9.17, 15) is 9.59 Å². The first-order chi connectivity index (χ1) is 9.08. The van der Waals surface area contributed by atoms with Crippen molar-refractivity contribution in [2.45, 2.75) is 30.1 Å². The summed E-state index contributed by atoms with van der Waals surface area (Å²) >= 11 is 16.8. The van der Waals surface area contributed by atoms with Crippen LogP contribution in [-0.4, -0.2) is 27.2 Å². The molecule has 1 saturated carbocycles. The Labute approximate surface area is 131 Å². The number of aromatic nitrogens is 1. The van der Waals surface area contributed by atoms with Gasteiger partial charge in [-0.3, -0.25) is 4.79 Å². The molecule has 7 heteroatoms. The molecule has 0 N–H and O–H groups in total. The summed E-state index contributed by atoms with van der Waals surface area (Å²) in [6.07, 6.45) is 2.46. The van der Waals surface area contributed by atoms with E-state index in [1.165, 1.54) is 13.2 Å². The van der Waals surface area contributed by atoms with Gasteiger partial charge < -0.3 is 9.30 Å². The number of ether oxygens (including phenoxy) is 1. The van der Waals surface area contributed by atoms with E-state index in [1.54, 1.807) is 10.8 Å². The Bertz CT molecular complexity index is 572. The second kappa shape index (κ2) is 4.93. The SMILES string of the molecule is COC(=O)c1cc(C(=O)C(Cl)(Cl)Cl)cn1C1CC1(C)C. The van der Waals surface area contributed by atoms with Crippen LogP contribution in [0, 0.1) is 5.41 Å². The van der Waals surface area contributed by atoms with Gasteiger partial charge in [0.05, 0.1) is 7.11 Å². The van der Waals surface area contributed by atoms with E-state index < -0.39 is 15.5 Å². The van der Waals surface area contributed by atoms with E-state index >= 15 is 0 Å². The van der Waals surface area contributed by atoms with Gasteiger partial charge in [0.15, 0.2) is 0 Å². The number of halogens is 3. The molecule has 0 aromatic carbocycles. The highest BCUT2D eigenvalue weighted by Gasteiger charge is 2.48. The van der Waals surface area contributed by atoms with Gasteiger partial charge in [0.1, 0.15) is 5.69 Å². The Morgan fingerprint density at radius 3 is 2.35 bits per heavy atom. The lowest BCUT2D eigenvalue weighted by Crippen LogP contribution is -2.18. The van der Waals surface area contributed by atoms with Crippen molar-refractivity contribution < 1.29 is 14.3 Å². The number of esters is 1. The maximum Gasteiger partial charge on any atom is 0.354 e. The number of rotatable bonds is 3. The maximum atomic E-state index is 12.0. The van der Waals surface area contributed by atoms with Crippen LogP contribution in [0.25, 0.3) is 0 Å². The zero-order valence-corrected chi connectivity index (χ0v) is 13.5. The number of methoxy groups -OCH3 is 1. The van der Waals surface area contributed by atoms with E-state index in [4.69, 9.17) is 39.5 Å². The number of carbonyl (C=O) groups is 2. The number of ketones is 1. The van der Waals surface area contributed by atoms with Gasteiger partial charge in [-0.1, -0.05) is 48.7 Å². The number of hydrogen-bond acceptors (Lipinski definition) is 3. The zero-order valence-electron chi connectivity index (χ0n) is 11.2. The molecule has 1 aromatic rings. The third kappa shape index (κ3) is 2.83. The summed E-state index contributed by atoms with van der Waals surface area (Å²) in [4.78, 5) is 23.8. The molecule has 2 rings (SSSR count). The molecule has 0 saturated heterocycles. The van der Waals surface area contributed by atoms with Gasteiger partial charge in [-0.25, -0.2) is 4.79 Å². The van der Waals surface area contributed by atoms with Gasteiger partial charge in [-0.15, -0.1) is 0 Å². The molecule has 1 aliphatic rings. The molecule has 20 heavy (non-hydrogen) atoms. The summed E-state index contributed by atoms with van der Waals surface area (Å²) in [6, 6.07) is 1.54. The molecule has 1 aliphatic carbocycles. The van der Waals surface area contributed by atoms with Crippen molar-refractivity contribution >= 4 is 46.6 Å². The summed E-state index contributed by atoms with van der Waals surface area (Å²) in [5.74, 6) is -1.18. The van der Waals surface area contributed by atoms with Crippen molar-refractivity contribution in [2.75, 3.05) is 7.11 Å². The Kier molecular flexibility index (Phi) is 3.87. The van der Waals surface area contributed by atoms with Gasteiger partial charge in [0, 0.05) is 17.8 Å². The highest BCUT2D eigenvalue weighted by Crippen LogP contribution is 2.56. The summed E-state index contributed by atoms with van der Waals surface area (Å²) < 4.78 is 4.42. The Hall–Kier alpha value is -0.710. The molecule has 1 aromatic heterocycles. The minimum atomic E-state index is -2.04. The van der Waals surface area contributed by atoms with Crippen molar-refractivity contribution in [1.82, 2.24) is 4.57 Å². The number of hydrogen-bond donors (Lipinski definition) is 0. The topological polar surface area (TPSA) is 48.3 Å². The molecule has 1 atom stereocenters. The van der Waals surface area contributed by atoms with Crippen LogP contribution in [0.3, 0.4) is 0 Å². The average Bonchev–Trinajstić information content (AvgIpc) is 2.79. The van der Waals surface area contributed by atoms with Crippen LogP contribution >= 0.6 is 34.8 Å². The Morgan fingerprint density at radius 1 is 1.40 bits per heavy atom. The summed E-state index contributed by atoms with van der Waals surface area (Å²) in [7, 11) is 1.29. The van der Waals surface area contributed by atoms with Crippen molar-refractivity contribution in [3.05, 3.63) is 23.5 Å². The van der Waals surface area contributed by atoms with Crippen LogP contribution in [0.2, 0.25) is 0 Å². The molecular formula is C13H14Cl3NO3. The highest BCUT2D eigenvalue weighted by atomic mass is 35.6. The van der Waals surface area contributed by atoms with Crippen LogP contribution in [0.4, 0.5) is 0 Å². The van der Waals surface area contributed by atoms with Gasteiger partial charge in [0.2, 0.25) is 5.78 Å². The molecule has 0 bridgehead atoms. The van der Waals surface area contributed by atoms with Gasteiger partial charge in [-0.05, 0) is 17.9 Å². The molecule has 0 spiro atoms. The summed E-state index contributed by atoms with van der Waals surface area (Å²) in [6.45, 7) is 4.16. The Morgan fingerprint density at radius 2 is 1.95 bits per heavy atom. The lowest BCUT2D eigenvalue weighted by Gasteiger charge is -2.09. The lowest BCUT2D eigenvalue weighted by molar-refractivity contribution is 0.0587. The quantitative estimate of drug-likeness (QED) is 0.478. The van der Waals surface area contributed by atoms with Crippen molar-refractivity contribution in [1.29, 1.82) is 0 Å². The molecular weight excluding hydrogens is 325 g/mol. The van der Waals surface area contributed by atoms with Gasteiger partial charge in [0.25, 0.3) is 3.79 Å². The van der Waals surface area contributed by atoms with Crippen LogP contribution in [0.15, 0.2) is 12.3 Å². The first-order valence-corrected chi connectivity index (χ1v) is 7.13. The molecule has 110 valence electrons. The standard InChI is InChI=1S/C13H14Cl3NO3/c1-12(2)5-9(12)17-6-7(10(18)13(14,15)16)4-8(17)11(19)20-3/h4,6,9H,5H2,1-3H3. The molecule has 0 amide bonds. The number of nitrogens with zero attached hydrogens (tertiary/aromatic N) is 1. The van der Waals surface area contributed by atoms with E-state index in [0.717, 1.165) is 6.42 Å². The second-order valence-corrected chi connectivity index (χ2v) is 7.83. The molecule has 0 radical (unpaired) electrons. The van der Waals surface area contributed by atoms with E-state index in [2.05, 4.69) is 13.8 Å². The van der Waals surface area contributed by atoms with E-state index in [1.807, 2.05) is 0 Å². The minimum absolute atomic E-state index is 0.0715. The van der Waals surface area contributed by atoms with Crippen molar-refractivity contribution in [3.63, 3.8) is 0 Å². The van der Waals surface area contributed by atoms with Crippen LogP contribution in [0.1, 0.15) is 47.2 Å². The number of carbonyl (C=O) groups excluding carboxylic acids is 2. The predicted octanol–water partition coefficient (Wildman–Crippen LogP) is 3.80. The van der Waals surface area contributed by atoms with Crippen molar-refractivity contribution in [3.8, 4) is 0 Å². The lowest BCUT2D eigenvalue weighted by atomic mass is 10.2. The smallest absolute Gasteiger partial charge is 0.354 e. The summed E-state index contributed by atoms with van der Waals surface area (Å²) in [5, 5.41) is 0. The van der Waals surface area contributed by atoms with Gasteiger partial charge >= 0.3 is 5.97 Å². The van der Waals surface area contributed by atoms with E-state index in [-0.39, 0.29) is 17.0 Å². The van der Waals surface area contributed by atoms with Crippen LogP contribution < -0.4 is 0 Å². The largest absolute Gasteiger partial charge is 0.464 e. The second-order valence-electron chi connectivity index (χ2n) is 5.55. The fourth-order valence-electron chi connectivity index (χ4n) is 2.21. The van der Waals surface area contributed by atoms with Gasteiger partial charge in [-0.2, -0.15) is 0 Å². The highest BCUT2D eigenvalue weighted by molar-refractivity contribution is 6.77. The molecule has 1 heterocycles. The molecule has 4 nitrogen and oxygen atoms in total. The maximum absolute atomic E-state index is 12.0.